The molecule has 0 saturated heterocycles. The maximum Gasteiger partial charge on any atom is 0.349 e. The summed E-state index contributed by atoms with van der Waals surface area (Å²) in [7, 11) is 1.35. The zero-order valence-corrected chi connectivity index (χ0v) is 9.06. The molecule has 0 bridgehead atoms. The molecule has 1 heterocycles. The molecule has 1 N–H and O–H groups in total. The fourth-order valence-corrected chi connectivity index (χ4v) is 2.02. The molecule has 0 amide bonds. The number of aromatic nitrogens is 1. The lowest BCUT2D eigenvalue weighted by atomic mass is 10.2. The highest BCUT2D eigenvalue weighted by Crippen LogP contribution is 2.20. The zero-order valence-electron chi connectivity index (χ0n) is 8.24. The molecule has 14 heavy (non-hydrogen) atoms. The standard InChI is InChI=1S/C9H13NO3S/c1-6-10-7(4-3-5-11)8(14-6)9(12)13-2/h11H,3-5H2,1-2H3. The van der Waals surface area contributed by atoms with Crippen molar-refractivity contribution in [2.24, 2.45) is 0 Å². The van der Waals surface area contributed by atoms with Crippen molar-refractivity contribution in [3.8, 4) is 0 Å². The molecule has 78 valence electrons. The molecule has 4 nitrogen and oxygen atoms in total. The van der Waals surface area contributed by atoms with Crippen LogP contribution in [0.3, 0.4) is 0 Å². The minimum absolute atomic E-state index is 0.108. The number of aliphatic hydroxyl groups excluding tert-OH is 1. The molecule has 1 aromatic heterocycles. The van der Waals surface area contributed by atoms with E-state index >= 15 is 0 Å². The van der Waals surface area contributed by atoms with Crippen LogP contribution in [0, 0.1) is 6.92 Å². The van der Waals surface area contributed by atoms with Gasteiger partial charge in [-0.25, -0.2) is 9.78 Å². The number of methoxy groups -OCH3 is 1. The number of hydrogen-bond donors (Lipinski definition) is 1. The highest BCUT2D eigenvalue weighted by atomic mass is 32.1. The van der Waals surface area contributed by atoms with Crippen molar-refractivity contribution >= 4 is 17.3 Å². The van der Waals surface area contributed by atoms with Crippen LogP contribution in [-0.2, 0) is 11.2 Å². The molecule has 0 unspecified atom stereocenters. The summed E-state index contributed by atoms with van der Waals surface area (Å²) in [5.41, 5.74) is 0.730. The number of carbonyl (C=O) groups excluding carboxylic acids is 1. The second-order valence-electron chi connectivity index (χ2n) is 2.83. The van der Waals surface area contributed by atoms with Gasteiger partial charge in [0, 0.05) is 6.61 Å². The lowest BCUT2D eigenvalue weighted by Gasteiger charge is -1.98. The minimum atomic E-state index is -0.344. The number of ether oxygens (including phenoxy) is 1. The Morgan fingerprint density at radius 2 is 2.36 bits per heavy atom. The summed E-state index contributed by atoms with van der Waals surface area (Å²) in [6.45, 7) is 1.96. The maximum absolute atomic E-state index is 11.3. The third-order valence-electron chi connectivity index (χ3n) is 1.75. The third-order valence-corrected chi connectivity index (χ3v) is 2.74. The number of rotatable bonds is 4. The Labute approximate surface area is 86.6 Å². The molecule has 1 rings (SSSR count). The van der Waals surface area contributed by atoms with Crippen LogP contribution < -0.4 is 0 Å². The number of aliphatic hydroxyl groups is 1. The molecule has 0 fully saturated rings. The Bertz CT molecular complexity index is 322. The van der Waals surface area contributed by atoms with Crippen LogP contribution in [0.25, 0.3) is 0 Å². The van der Waals surface area contributed by atoms with Gasteiger partial charge in [0.25, 0.3) is 0 Å². The van der Waals surface area contributed by atoms with E-state index in [4.69, 9.17) is 5.11 Å². The summed E-state index contributed by atoms with van der Waals surface area (Å²) >= 11 is 1.33. The number of thiazole rings is 1. The summed E-state index contributed by atoms with van der Waals surface area (Å²) in [6, 6.07) is 0. The van der Waals surface area contributed by atoms with E-state index in [1.165, 1.54) is 18.4 Å². The zero-order chi connectivity index (χ0) is 10.6. The van der Waals surface area contributed by atoms with Gasteiger partial charge in [-0.2, -0.15) is 0 Å². The number of hydrogen-bond acceptors (Lipinski definition) is 5. The van der Waals surface area contributed by atoms with Gasteiger partial charge in [0.15, 0.2) is 0 Å². The second-order valence-corrected chi connectivity index (χ2v) is 4.03. The summed E-state index contributed by atoms with van der Waals surface area (Å²) in [4.78, 5) is 16.1. The van der Waals surface area contributed by atoms with E-state index in [-0.39, 0.29) is 12.6 Å². The Hall–Kier alpha value is -0.940. The molecule has 0 atom stereocenters. The molecular formula is C9H13NO3S. The van der Waals surface area contributed by atoms with Crippen LogP contribution >= 0.6 is 11.3 Å². The molecule has 0 aliphatic carbocycles. The van der Waals surface area contributed by atoms with E-state index in [0.29, 0.717) is 17.7 Å². The average Bonchev–Trinajstić information content (AvgIpc) is 2.55. The Kier molecular flexibility index (Phi) is 4.03. The molecular weight excluding hydrogens is 202 g/mol. The van der Waals surface area contributed by atoms with Crippen molar-refractivity contribution in [1.29, 1.82) is 0 Å². The van der Waals surface area contributed by atoms with Gasteiger partial charge in [-0.15, -0.1) is 11.3 Å². The Balaban J connectivity index is 2.85. The fourth-order valence-electron chi connectivity index (χ4n) is 1.14. The first-order chi connectivity index (χ1) is 6.69. The van der Waals surface area contributed by atoms with E-state index < -0.39 is 0 Å². The topological polar surface area (TPSA) is 59.4 Å². The Morgan fingerprint density at radius 1 is 1.64 bits per heavy atom. The largest absolute Gasteiger partial charge is 0.465 e. The van der Waals surface area contributed by atoms with Gasteiger partial charge in [-0.05, 0) is 19.8 Å². The van der Waals surface area contributed by atoms with Crippen LogP contribution in [0.4, 0.5) is 0 Å². The molecule has 0 aromatic carbocycles. The molecule has 0 radical (unpaired) electrons. The van der Waals surface area contributed by atoms with Crippen molar-refractivity contribution in [2.75, 3.05) is 13.7 Å². The third kappa shape index (κ3) is 2.52. The smallest absolute Gasteiger partial charge is 0.349 e. The fraction of sp³-hybridized carbons (Fsp3) is 0.556. The number of aryl methyl sites for hydroxylation is 2. The van der Waals surface area contributed by atoms with E-state index in [1.807, 2.05) is 6.92 Å². The molecule has 0 spiro atoms. The van der Waals surface area contributed by atoms with Gasteiger partial charge in [0.05, 0.1) is 17.8 Å². The van der Waals surface area contributed by atoms with Gasteiger partial charge in [0.2, 0.25) is 0 Å². The SMILES string of the molecule is COC(=O)c1sc(C)nc1CCCO. The lowest BCUT2D eigenvalue weighted by Crippen LogP contribution is -2.03. The van der Waals surface area contributed by atoms with Crippen LogP contribution in [0.5, 0.6) is 0 Å². The van der Waals surface area contributed by atoms with Crippen LogP contribution in [-0.4, -0.2) is 29.8 Å². The molecule has 0 saturated carbocycles. The van der Waals surface area contributed by atoms with Crippen molar-refractivity contribution < 1.29 is 14.6 Å². The molecule has 5 heteroatoms. The monoisotopic (exact) mass is 215 g/mol. The van der Waals surface area contributed by atoms with E-state index in [1.54, 1.807) is 0 Å². The van der Waals surface area contributed by atoms with Crippen LogP contribution in [0.2, 0.25) is 0 Å². The highest BCUT2D eigenvalue weighted by molar-refractivity contribution is 7.13. The average molecular weight is 215 g/mol. The number of carbonyl (C=O) groups is 1. The molecule has 1 aromatic rings. The molecule has 0 aliphatic heterocycles. The number of esters is 1. The van der Waals surface area contributed by atoms with Crippen LogP contribution in [0.1, 0.15) is 26.8 Å². The summed E-state index contributed by atoms with van der Waals surface area (Å²) < 4.78 is 4.64. The van der Waals surface area contributed by atoms with Gasteiger partial charge in [0.1, 0.15) is 4.88 Å². The van der Waals surface area contributed by atoms with Gasteiger partial charge >= 0.3 is 5.97 Å². The van der Waals surface area contributed by atoms with Crippen molar-refractivity contribution in [3.05, 3.63) is 15.6 Å². The number of nitrogens with zero attached hydrogens (tertiary/aromatic N) is 1. The lowest BCUT2D eigenvalue weighted by molar-refractivity contribution is 0.0604. The normalized spacial score (nSPS) is 10.2. The van der Waals surface area contributed by atoms with Gasteiger partial charge in [-0.1, -0.05) is 0 Å². The highest BCUT2D eigenvalue weighted by Gasteiger charge is 2.16. The first-order valence-corrected chi connectivity index (χ1v) is 5.16. The quantitative estimate of drug-likeness (QED) is 0.766. The predicted octanol–water partition coefficient (Wildman–Crippen LogP) is 1.16. The first-order valence-electron chi connectivity index (χ1n) is 4.34. The molecule has 0 aliphatic rings. The maximum atomic E-state index is 11.3. The minimum Gasteiger partial charge on any atom is -0.465 e. The van der Waals surface area contributed by atoms with Crippen molar-refractivity contribution in [2.45, 2.75) is 19.8 Å². The Morgan fingerprint density at radius 3 is 2.93 bits per heavy atom. The summed E-state index contributed by atoms with van der Waals surface area (Å²) in [6.07, 6.45) is 1.23. The van der Waals surface area contributed by atoms with Crippen molar-refractivity contribution in [3.63, 3.8) is 0 Å². The van der Waals surface area contributed by atoms with Gasteiger partial charge in [-0.3, -0.25) is 0 Å². The van der Waals surface area contributed by atoms with Crippen LogP contribution in [0.15, 0.2) is 0 Å². The van der Waals surface area contributed by atoms with E-state index in [9.17, 15) is 4.79 Å². The van der Waals surface area contributed by atoms with E-state index in [2.05, 4.69) is 9.72 Å². The second kappa shape index (κ2) is 5.07. The first kappa shape index (κ1) is 11.1. The summed E-state index contributed by atoms with van der Waals surface area (Å²) in [5, 5.41) is 9.53. The van der Waals surface area contributed by atoms with Gasteiger partial charge < -0.3 is 9.84 Å². The predicted molar refractivity (Wildman–Crippen MR) is 53.6 cm³/mol. The summed E-state index contributed by atoms with van der Waals surface area (Å²) in [5.74, 6) is -0.344. The van der Waals surface area contributed by atoms with Crippen molar-refractivity contribution in [1.82, 2.24) is 4.98 Å². The van der Waals surface area contributed by atoms with E-state index in [0.717, 1.165) is 10.7 Å².